The number of hydrogen-bond acceptors (Lipinski definition) is 3. The molecule has 3 heteroatoms. The largest absolute Gasteiger partial charge is 0.388 e. The highest BCUT2D eigenvalue weighted by Crippen LogP contribution is 2.29. The first kappa shape index (κ1) is 10.4. The molecular formula is C12H19N3. The molecule has 0 bridgehead atoms. The summed E-state index contributed by atoms with van der Waals surface area (Å²) in [6.45, 7) is 2.16. The van der Waals surface area contributed by atoms with E-state index in [0.717, 1.165) is 23.8 Å². The van der Waals surface area contributed by atoms with Crippen LogP contribution in [0.25, 0.3) is 0 Å². The minimum atomic E-state index is 0.947. The van der Waals surface area contributed by atoms with Crippen molar-refractivity contribution in [3.05, 3.63) is 24.0 Å². The summed E-state index contributed by atoms with van der Waals surface area (Å²) in [7, 11) is 4.11. The SMILES string of the molecule is CNc1ccnc(CN(C)CC2CC2)c1. The van der Waals surface area contributed by atoms with Crippen LogP contribution in [0.15, 0.2) is 18.3 Å². The Morgan fingerprint density at radius 1 is 1.53 bits per heavy atom. The van der Waals surface area contributed by atoms with E-state index in [9.17, 15) is 0 Å². The first-order valence-corrected chi connectivity index (χ1v) is 5.59. The van der Waals surface area contributed by atoms with Crippen molar-refractivity contribution in [2.24, 2.45) is 5.92 Å². The molecule has 0 aromatic carbocycles. The molecule has 1 N–H and O–H groups in total. The lowest BCUT2D eigenvalue weighted by Gasteiger charge is -2.15. The molecular weight excluding hydrogens is 186 g/mol. The highest BCUT2D eigenvalue weighted by Gasteiger charge is 2.22. The average Bonchev–Trinajstić information content (AvgIpc) is 3.02. The molecule has 1 aliphatic rings. The fourth-order valence-corrected chi connectivity index (χ4v) is 1.80. The number of nitrogens with zero attached hydrogens (tertiary/aromatic N) is 2. The molecule has 1 fully saturated rings. The fraction of sp³-hybridized carbons (Fsp3) is 0.583. The van der Waals surface area contributed by atoms with Crippen LogP contribution in [0.3, 0.4) is 0 Å². The standard InChI is InChI=1S/C12H19N3/c1-13-11-5-6-14-12(7-11)9-15(2)8-10-3-4-10/h5-7,10H,3-4,8-9H2,1-2H3,(H,13,14). The van der Waals surface area contributed by atoms with E-state index < -0.39 is 0 Å². The zero-order valence-electron chi connectivity index (χ0n) is 9.53. The van der Waals surface area contributed by atoms with Gasteiger partial charge >= 0.3 is 0 Å². The fourth-order valence-electron chi connectivity index (χ4n) is 1.80. The Hall–Kier alpha value is -1.09. The Bertz CT molecular complexity index is 320. The molecule has 1 saturated carbocycles. The molecule has 0 aliphatic heterocycles. The highest BCUT2D eigenvalue weighted by atomic mass is 15.1. The highest BCUT2D eigenvalue weighted by molar-refractivity contribution is 5.42. The maximum absolute atomic E-state index is 4.37. The van der Waals surface area contributed by atoms with Crippen molar-refractivity contribution in [3.8, 4) is 0 Å². The minimum absolute atomic E-state index is 0.947. The second-order valence-corrected chi connectivity index (χ2v) is 4.43. The summed E-state index contributed by atoms with van der Waals surface area (Å²) in [6.07, 6.45) is 4.69. The summed E-state index contributed by atoms with van der Waals surface area (Å²) in [5, 5.41) is 3.14. The molecule has 0 spiro atoms. The third-order valence-corrected chi connectivity index (χ3v) is 2.80. The van der Waals surface area contributed by atoms with Crippen LogP contribution in [0.5, 0.6) is 0 Å². The molecule has 15 heavy (non-hydrogen) atoms. The number of nitrogens with one attached hydrogen (secondary N) is 1. The van der Waals surface area contributed by atoms with E-state index in [0.29, 0.717) is 0 Å². The molecule has 1 heterocycles. The van der Waals surface area contributed by atoms with E-state index in [-0.39, 0.29) is 0 Å². The molecule has 1 aliphatic carbocycles. The predicted octanol–water partition coefficient (Wildman–Crippen LogP) is 1.97. The average molecular weight is 205 g/mol. The second kappa shape index (κ2) is 4.62. The van der Waals surface area contributed by atoms with Crippen LogP contribution in [0, 0.1) is 5.92 Å². The maximum atomic E-state index is 4.37. The normalized spacial score (nSPS) is 15.7. The lowest BCUT2D eigenvalue weighted by Crippen LogP contribution is -2.21. The molecule has 3 nitrogen and oxygen atoms in total. The smallest absolute Gasteiger partial charge is 0.0564 e. The third kappa shape index (κ3) is 3.20. The van der Waals surface area contributed by atoms with Crippen LogP contribution in [0.4, 0.5) is 5.69 Å². The van der Waals surface area contributed by atoms with Gasteiger partial charge in [-0.05, 0) is 37.9 Å². The number of aromatic nitrogens is 1. The zero-order chi connectivity index (χ0) is 10.7. The quantitative estimate of drug-likeness (QED) is 0.796. The predicted molar refractivity (Wildman–Crippen MR) is 62.8 cm³/mol. The van der Waals surface area contributed by atoms with Gasteiger partial charge in [0, 0.05) is 32.0 Å². The van der Waals surface area contributed by atoms with Crippen molar-refractivity contribution in [3.63, 3.8) is 0 Å². The van der Waals surface area contributed by atoms with Crippen LogP contribution in [-0.2, 0) is 6.54 Å². The van der Waals surface area contributed by atoms with Gasteiger partial charge in [0.2, 0.25) is 0 Å². The molecule has 1 aromatic heterocycles. The number of hydrogen-bond donors (Lipinski definition) is 1. The lowest BCUT2D eigenvalue weighted by atomic mass is 10.3. The summed E-state index contributed by atoms with van der Waals surface area (Å²) in [4.78, 5) is 6.73. The Kier molecular flexibility index (Phi) is 3.21. The van der Waals surface area contributed by atoms with Crippen molar-refractivity contribution < 1.29 is 0 Å². The number of pyridine rings is 1. The van der Waals surface area contributed by atoms with Crippen LogP contribution >= 0.6 is 0 Å². The van der Waals surface area contributed by atoms with E-state index in [1.807, 2.05) is 19.3 Å². The van der Waals surface area contributed by atoms with E-state index in [4.69, 9.17) is 0 Å². The van der Waals surface area contributed by atoms with Gasteiger partial charge in [-0.15, -0.1) is 0 Å². The zero-order valence-corrected chi connectivity index (χ0v) is 9.53. The van der Waals surface area contributed by atoms with Crippen molar-refractivity contribution in [2.45, 2.75) is 19.4 Å². The van der Waals surface area contributed by atoms with Crippen molar-refractivity contribution in [1.82, 2.24) is 9.88 Å². The molecule has 2 rings (SSSR count). The summed E-state index contributed by atoms with van der Waals surface area (Å²) >= 11 is 0. The number of anilines is 1. The van der Waals surface area contributed by atoms with Crippen LogP contribution in [0.1, 0.15) is 18.5 Å². The molecule has 0 amide bonds. The Balaban J connectivity index is 1.90. The van der Waals surface area contributed by atoms with E-state index in [1.54, 1.807) is 0 Å². The summed E-state index contributed by atoms with van der Waals surface area (Å²) in [5.74, 6) is 0.947. The monoisotopic (exact) mass is 205 g/mol. The van der Waals surface area contributed by atoms with Gasteiger partial charge in [-0.3, -0.25) is 4.98 Å². The van der Waals surface area contributed by atoms with E-state index in [2.05, 4.69) is 28.3 Å². The molecule has 0 saturated heterocycles. The van der Waals surface area contributed by atoms with Gasteiger partial charge < -0.3 is 10.2 Å². The van der Waals surface area contributed by atoms with Gasteiger partial charge in [0.25, 0.3) is 0 Å². The summed E-state index contributed by atoms with van der Waals surface area (Å²) in [6, 6.07) is 4.10. The molecule has 1 aromatic rings. The Morgan fingerprint density at radius 3 is 3.00 bits per heavy atom. The van der Waals surface area contributed by atoms with Gasteiger partial charge in [-0.25, -0.2) is 0 Å². The number of rotatable bonds is 5. The van der Waals surface area contributed by atoms with Gasteiger partial charge in [-0.2, -0.15) is 0 Å². The second-order valence-electron chi connectivity index (χ2n) is 4.43. The Morgan fingerprint density at radius 2 is 2.33 bits per heavy atom. The molecule has 82 valence electrons. The lowest BCUT2D eigenvalue weighted by molar-refractivity contribution is 0.309. The van der Waals surface area contributed by atoms with Crippen LogP contribution in [0.2, 0.25) is 0 Å². The van der Waals surface area contributed by atoms with Gasteiger partial charge in [0.05, 0.1) is 5.69 Å². The minimum Gasteiger partial charge on any atom is -0.388 e. The maximum Gasteiger partial charge on any atom is 0.0564 e. The summed E-state index contributed by atoms with van der Waals surface area (Å²) < 4.78 is 0. The van der Waals surface area contributed by atoms with E-state index in [1.165, 1.54) is 19.4 Å². The van der Waals surface area contributed by atoms with Crippen molar-refractivity contribution >= 4 is 5.69 Å². The van der Waals surface area contributed by atoms with Gasteiger partial charge in [0.1, 0.15) is 0 Å². The first-order chi connectivity index (χ1) is 7.28. The van der Waals surface area contributed by atoms with Crippen molar-refractivity contribution in [2.75, 3.05) is 26.0 Å². The summed E-state index contributed by atoms with van der Waals surface area (Å²) in [5.41, 5.74) is 2.28. The Labute approximate surface area is 91.5 Å². The van der Waals surface area contributed by atoms with Crippen LogP contribution in [-0.4, -0.2) is 30.5 Å². The topological polar surface area (TPSA) is 28.2 Å². The third-order valence-electron chi connectivity index (χ3n) is 2.80. The van der Waals surface area contributed by atoms with Gasteiger partial charge in [-0.1, -0.05) is 0 Å². The molecule has 0 atom stereocenters. The van der Waals surface area contributed by atoms with Crippen molar-refractivity contribution in [1.29, 1.82) is 0 Å². The van der Waals surface area contributed by atoms with Gasteiger partial charge in [0.15, 0.2) is 0 Å². The van der Waals surface area contributed by atoms with E-state index >= 15 is 0 Å². The first-order valence-electron chi connectivity index (χ1n) is 5.59. The van der Waals surface area contributed by atoms with Crippen LogP contribution < -0.4 is 5.32 Å². The molecule has 0 radical (unpaired) electrons. The molecule has 0 unspecified atom stereocenters.